The summed E-state index contributed by atoms with van der Waals surface area (Å²) in [6, 6.07) is 4.48. The SMILES string of the molecule is COc1ccc([C@@H](CC(=O)NCC(=O)Nc2nccs2)c2c(O)cc(C)oc2=O)c(OC)c1OC. The van der Waals surface area contributed by atoms with E-state index in [1.54, 1.807) is 23.7 Å². The summed E-state index contributed by atoms with van der Waals surface area (Å²) in [5.41, 5.74) is -0.568. The Bertz CT molecular complexity index is 1260. The third-order valence-corrected chi connectivity index (χ3v) is 5.75. The molecule has 0 saturated heterocycles. The number of benzene rings is 1. The van der Waals surface area contributed by atoms with E-state index in [9.17, 15) is 19.5 Å². The van der Waals surface area contributed by atoms with Gasteiger partial charge in [-0.1, -0.05) is 6.07 Å². The molecule has 0 aliphatic carbocycles. The van der Waals surface area contributed by atoms with Crippen LogP contribution in [0, 0.1) is 6.92 Å². The van der Waals surface area contributed by atoms with Crippen LogP contribution in [0.1, 0.15) is 29.2 Å². The van der Waals surface area contributed by atoms with E-state index < -0.39 is 23.4 Å². The quantitative estimate of drug-likeness (QED) is 0.379. The molecule has 3 rings (SSSR count). The van der Waals surface area contributed by atoms with Crippen LogP contribution >= 0.6 is 11.3 Å². The van der Waals surface area contributed by atoms with Gasteiger partial charge in [0.1, 0.15) is 11.5 Å². The van der Waals surface area contributed by atoms with Gasteiger partial charge in [-0.15, -0.1) is 11.3 Å². The van der Waals surface area contributed by atoms with Crippen LogP contribution in [-0.4, -0.2) is 49.8 Å². The number of anilines is 1. The van der Waals surface area contributed by atoms with Crippen molar-refractivity contribution in [1.82, 2.24) is 10.3 Å². The van der Waals surface area contributed by atoms with Crippen molar-refractivity contribution in [2.45, 2.75) is 19.3 Å². The normalized spacial score (nSPS) is 11.4. The van der Waals surface area contributed by atoms with Crippen molar-refractivity contribution in [3.8, 4) is 23.0 Å². The fourth-order valence-electron chi connectivity index (χ4n) is 3.58. The van der Waals surface area contributed by atoms with Crippen molar-refractivity contribution in [2.75, 3.05) is 33.2 Å². The fourth-order valence-corrected chi connectivity index (χ4v) is 4.12. The van der Waals surface area contributed by atoms with Crippen molar-refractivity contribution in [1.29, 1.82) is 0 Å². The highest BCUT2D eigenvalue weighted by molar-refractivity contribution is 7.13. The Kier molecular flexibility index (Phi) is 8.31. The Morgan fingerprint density at radius 1 is 1.14 bits per heavy atom. The molecular formula is C23H25N3O8S. The standard InChI is InChI=1S/C23H25N3O8S/c1-12-9-15(27)19(22(30)34-12)14(13-5-6-16(31-2)21(33-4)20(13)32-3)10-17(28)25-11-18(29)26-23-24-7-8-35-23/h5-9,14,27H,10-11H2,1-4H3,(H,25,28)(H,24,26,29)/t14-/m1/s1. The van der Waals surface area contributed by atoms with Gasteiger partial charge in [-0.25, -0.2) is 9.78 Å². The van der Waals surface area contributed by atoms with E-state index in [2.05, 4.69) is 15.6 Å². The molecule has 11 nitrogen and oxygen atoms in total. The summed E-state index contributed by atoms with van der Waals surface area (Å²) < 4.78 is 21.5. The number of thiazole rings is 1. The van der Waals surface area contributed by atoms with Gasteiger partial charge in [-0.2, -0.15) is 0 Å². The number of amides is 2. The van der Waals surface area contributed by atoms with E-state index in [1.807, 2.05) is 0 Å². The van der Waals surface area contributed by atoms with Crippen LogP contribution in [-0.2, 0) is 9.59 Å². The number of aromatic nitrogens is 1. The molecule has 0 aliphatic heterocycles. The Balaban J connectivity index is 1.95. The number of nitrogens with zero attached hydrogens (tertiary/aromatic N) is 1. The first-order valence-corrected chi connectivity index (χ1v) is 11.3. The van der Waals surface area contributed by atoms with Crippen LogP contribution in [0.25, 0.3) is 0 Å². The molecule has 3 N–H and O–H groups in total. The average Bonchev–Trinajstić information content (AvgIpc) is 3.33. The highest BCUT2D eigenvalue weighted by Crippen LogP contribution is 2.45. The van der Waals surface area contributed by atoms with Gasteiger partial charge in [0.15, 0.2) is 16.6 Å². The first kappa shape index (κ1) is 25.6. The number of carbonyl (C=O) groups is 2. The summed E-state index contributed by atoms with van der Waals surface area (Å²) in [6.07, 6.45) is 1.23. The number of hydrogen-bond acceptors (Lipinski definition) is 10. The van der Waals surface area contributed by atoms with E-state index in [4.69, 9.17) is 18.6 Å². The lowest BCUT2D eigenvalue weighted by Crippen LogP contribution is -2.34. The van der Waals surface area contributed by atoms with Gasteiger partial charge in [0.05, 0.1) is 33.4 Å². The molecule has 0 radical (unpaired) electrons. The van der Waals surface area contributed by atoms with Gasteiger partial charge >= 0.3 is 5.63 Å². The molecule has 0 aliphatic rings. The maximum Gasteiger partial charge on any atom is 0.343 e. The minimum absolute atomic E-state index is 0.136. The summed E-state index contributed by atoms with van der Waals surface area (Å²) in [5.74, 6) is -1.32. The zero-order valence-electron chi connectivity index (χ0n) is 19.5. The second kappa shape index (κ2) is 11.4. The van der Waals surface area contributed by atoms with Crippen LogP contribution in [0.4, 0.5) is 5.13 Å². The second-order valence-corrected chi connectivity index (χ2v) is 8.18. The number of ether oxygens (including phenoxy) is 3. The van der Waals surface area contributed by atoms with E-state index in [-0.39, 0.29) is 41.5 Å². The molecule has 2 heterocycles. The van der Waals surface area contributed by atoms with Crippen LogP contribution in [0.2, 0.25) is 0 Å². The maximum absolute atomic E-state index is 12.9. The van der Waals surface area contributed by atoms with Crippen molar-refractivity contribution in [3.63, 3.8) is 0 Å². The molecule has 12 heteroatoms. The van der Waals surface area contributed by atoms with E-state index in [0.717, 1.165) is 0 Å². The van der Waals surface area contributed by atoms with Gasteiger partial charge in [0, 0.05) is 35.5 Å². The van der Waals surface area contributed by atoms with E-state index in [1.165, 1.54) is 45.7 Å². The molecule has 35 heavy (non-hydrogen) atoms. The smallest absolute Gasteiger partial charge is 0.343 e. The predicted molar refractivity (Wildman–Crippen MR) is 128 cm³/mol. The number of aromatic hydroxyl groups is 1. The highest BCUT2D eigenvalue weighted by atomic mass is 32.1. The van der Waals surface area contributed by atoms with Crippen LogP contribution < -0.4 is 30.5 Å². The van der Waals surface area contributed by atoms with Crippen molar-refractivity contribution in [3.05, 3.63) is 57.1 Å². The van der Waals surface area contributed by atoms with Crippen LogP contribution in [0.3, 0.4) is 0 Å². The Morgan fingerprint density at radius 2 is 1.89 bits per heavy atom. The van der Waals surface area contributed by atoms with Gasteiger partial charge < -0.3 is 34.4 Å². The zero-order valence-corrected chi connectivity index (χ0v) is 20.4. The number of aryl methyl sites for hydroxylation is 1. The molecule has 0 saturated carbocycles. The molecule has 1 aromatic carbocycles. The molecule has 0 spiro atoms. The van der Waals surface area contributed by atoms with Gasteiger partial charge in [-0.3, -0.25) is 9.59 Å². The molecule has 2 aromatic heterocycles. The van der Waals surface area contributed by atoms with Crippen molar-refractivity contribution < 1.29 is 33.3 Å². The summed E-state index contributed by atoms with van der Waals surface area (Å²) in [7, 11) is 4.28. The summed E-state index contributed by atoms with van der Waals surface area (Å²) in [5, 5.41) is 17.8. The maximum atomic E-state index is 12.9. The number of carbonyl (C=O) groups excluding carboxylic acids is 2. The molecule has 1 atom stereocenters. The van der Waals surface area contributed by atoms with Crippen molar-refractivity contribution in [2.24, 2.45) is 0 Å². The zero-order chi connectivity index (χ0) is 25.5. The second-order valence-electron chi connectivity index (χ2n) is 7.29. The summed E-state index contributed by atoms with van der Waals surface area (Å²) in [4.78, 5) is 41.7. The molecule has 0 unspecified atom stereocenters. The first-order valence-electron chi connectivity index (χ1n) is 10.4. The van der Waals surface area contributed by atoms with Crippen LogP contribution in [0.5, 0.6) is 23.0 Å². The fraction of sp³-hybridized carbons (Fsp3) is 0.304. The molecule has 2 amide bonds. The number of hydrogen-bond donors (Lipinski definition) is 3. The Hall–Kier alpha value is -4.06. The number of nitrogens with one attached hydrogen (secondary N) is 2. The van der Waals surface area contributed by atoms with Crippen molar-refractivity contribution >= 4 is 28.3 Å². The number of rotatable bonds is 10. The highest BCUT2D eigenvalue weighted by Gasteiger charge is 2.30. The van der Waals surface area contributed by atoms with Gasteiger partial charge in [0.25, 0.3) is 0 Å². The minimum atomic E-state index is -0.997. The first-order chi connectivity index (χ1) is 16.8. The van der Waals surface area contributed by atoms with E-state index >= 15 is 0 Å². The molecule has 186 valence electrons. The predicted octanol–water partition coefficient (Wildman–Crippen LogP) is 2.41. The topological polar surface area (TPSA) is 149 Å². The molecule has 0 bridgehead atoms. The minimum Gasteiger partial charge on any atom is -0.507 e. The Labute approximate surface area is 204 Å². The van der Waals surface area contributed by atoms with Gasteiger partial charge in [-0.05, 0) is 13.0 Å². The number of methoxy groups -OCH3 is 3. The summed E-state index contributed by atoms with van der Waals surface area (Å²) in [6.45, 7) is 1.20. The monoisotopic (exact) mass is 503 g/mol. The third kappa shape index (κ3) is 5.90. The lowest BCUT2D eigenvalue weighted by Gasteiger charge is -2.22. The Morgan fingerprint density at radius 3 is 2.49 bits per heavy atom. The average molecular weight is 504 g/mol. The molecule has 3 aromatic rings. The lowest BCUT2D eigenvalue weighted by atomic mass is 9.87. The van der Waals surface area contributed by atoms with Crippen LogP contribution in [0.15, 0.2) is 39.0 Å². The largest absolute Gasteiger partial charge is 0.507 e. The lowest BCUT2D eigenvalue weighted by molar-refractivity contribution is -0.124. The van der Waals surface area contributed by atoms with E-state index in [0.29, 0.717) is 16.4 Å². The molecule has 0 fully saturated rings. The molecular weight excluding hydrogens is 478 g/mol. The third-order valence-electron chi connectivity index (χ3n) is 5.06. The summed E-state index contributed by atoms with van der Waals surface area (Å²) >= 11 is 1.24. The van der Waals surface area contributed by atoms with Gasteiger partial charge in [0.2, 0.25) is 17.6 Å².